The van der Waals surface area contributed by atoms with Crippen molar-refractivity contribution < 1.29 is 28.8 Å². The van der Waals surface area contributed by atoms with Crippen LogP contribution >= 0.6 is 0 Å². The number of benzene rings is 2. The van der Waals surface area contributed by atoms with Crippen LogP contribution in [0.15, 0.2) is 42.5 Å². The van der Waals surface area contributed by atoms with E-state index in [1.165, 1.54) is 36.4 Å². The first-order valence-electron chi connectivity index (χ1n) is 10.8. The lowest BCUT2D eigenvalue weighted by Gasteiger charge is -2.12. The van der Waals surface area contributed by atoms with Crippen LogP contribution in [-0.4, -0.2) is 55.6 Å². The fourth-order valence-electron chi connectivity index (χ4n) is 2.89. The first-order valence-corrected chi connectivity index (χ1v) is 10.8. The van der Waals surface area contributed by atoms with Crippen molar-refractivity contribution in [3.05, 3.63) is 63.7 Å². The molecule has 0 atom stereocenters. The van der Waals surface area contributed by atoms with Gasteiger partial charge in [0.05, 0.1) is 34.9 Å². The Labute approximate surface area is 197 Å². The van der Waals surface area contributed by atoms with Crippen molar-refractivity contribution in [3.8, 4) is 0 Å². The number of carbonyl (C=O) groups excluding carboxylic acids is 3. The van der Waals surface area contributed by atoms with Gasteiger partial charge in [0.15, 0.2) is 0 Å². The smallest absolute Gasteiger partial charge is 0.338 e. The highest BCUT2D eigenvalue weighted by Gasteiger charge is 2.19. The molecule has 11 nitrogen and oxygen atoms in total. The van der Waals surface area contributed by atoms with Gasteiger partial charge in [-0.2, -0.15) is 0 Å². The van der Waals surface area contributed by atoms with Gasteiger partial charge < -0.3 is 25.4 Å². The summed E-state index contributed by atoms with van der Waals surface area (Å²) in [6.45, 7) is 5.61. The minimum atomic E-state index is -0.660. The number of ether oxygens (including phenoxy) is 2. The van der Waals surface area contributed by atoms with E-state index in [1.807, 2.05) is 6.92 Å². The van der Waals surface area contributed by atoms with Crippen molar-refractivity contribution in [2.75, 3.05) is 43.5 Å². The Bertz CT molecular complexity index is 1010. The monoisotopic (exact) mass is 472 g/mol. The average molecular weight is 472 g/mol. The lowest BCUT2D eigenvalue weighted by atomic mass is 10.1. The predicted molar refractivity (Wildman–Crippen MR) is 126 cm³/mol. The molecule has 0 radical (unpaired) electrons. The Morgan fingerprint density at radius 1 is 1.00 bits per heavy atom. The van der Waals surface area contributed by atoms with Gasteiger partial charge in [-0.3, -0.25) is 19.7 Å². The molecule has 0 saturated carbocycles. The predicted octanol–water partition coefficient (Wildman–Crippen LogP) is 2.98. The van der Waals surface area contributed by atoms with E-state index in [2.05, 4.69) is 16.0 Å². The molecule has 3 N–H and O–H groups in total. The van der Waals surface area contributed by atoms with Crippen LogP contribution in [0.4, 0.5) is 17.1 Å². The van der Waals surface area contributed by atoms with Crippen molar-refractivity contribution in [1.82, 2.24) is 5.32 Å². The Morgan fingerprint density at radius 3 is 2.38 bits per heavy atom. The van der Waals surface area contributed by atoms with Crippen LogP contribution in [0.1, 0.15) is 41.0 Å². The van der Waals surface area contributed by atoms with E-state index in [1.54, 1.807) is 6.92 Å². The molecule has 2 rings (SSSR count). The largest absolute Gasteiger partial charge is 0.462 e. The first-order chi connectivity index (χ1) is 16.3. The third-order valence-electron chi connectivity index (χ3n) is 4.52. The summed E-state index contributed by atoms with van der Waals surface area (Å²) < 4.78 is 10.1. The maximum atomic E-state index is 12.9. The maximum Gasteiger partial charge on any atom is 0.338 e. The standard InChI is InChI=1S/C23H28N4O7/c1-3-33-13-5-12-24-15-21(28)26-20-11-10-18(27(31)32)14-19(20)22(29)25-17-8-6-16(7-9-17)23(30)34-4-2/h6-11,14,24H,3-5,12-13,15H2,1-2H3,(H,25,29)(H,26,28). The highest BCUT2D eigenvalue weighted by molar-refractivity contribution is 6.10. The second-order valence-electron chi connectivity index (χ2n) is 7.01. The van der Waals surface area contributed by atoms with Gasteiger partial charge in [0, 0.05) is 31.0 Å². The van der Waals surface area contributed by atoms with E-state index in [-0.39, 0.29) is 30.1 Å². The summed E-state index contributed by atoms with van der Waals surface area (Å²) in [5.41, 5.74) is 0.435. The molecule has 0 saturated heterocycles. The summed E-state index contributed by atoms with van der Waals surface area (Å²) >= 11 is 0. The molecule has 0 fully saturated rings. The highest BCUT2D eigenvalue weighted by Crippen LogP contribution is 2.24. The number of hydrogen-bond acceptors (Lipinski definition) is 8. The van der Waals surface area contributed by atoms with E-state index < -0.39 is 22.7 Å². The molecule has 0 aliphatic rings. The number of nitro groups is 1. The van der Waals surface area contributed by atoms with E-state index in [0.717, 1.165) is 12.5 Å². The fourth-order valence-corrected chi connectivity index (χ4v) is 2.89. The first kappa shape index (κ1) is 26.4. The second kappa shape index (κ2) is 13.7. The lowest BCUT2D eigenvalue weighted by Crippen LogP contribution is -2.30. The van der Waals surface area contributed by atoms with Crippen LogP contribution in [0.2, 0.25) is 0 Å². The minimum Gasteiger partial charge on any atom is -0.462 e. The quantitative estimate of drug-likeness (QED) is 0.174. The highest BCUT2D eigenvalue weighted by atomic mass is 16.6. The van der Waals surface area contributed by atoms with Gasteiger partial charge in [-0.25, -0.2) is 4.79 Å². The molecule has 2 aromatic carbocycles. The van der Waals surface area contributed by atoms with E-state index in [9.17, 15) is 24.5 Å². The van der Waals surface area contributed by atoms with Crippen LogP contribution in [0, 0.1) is 10.1 Å². The SMILES string of the molecule is CCOCCCNCC(=O)Nc1ccc([N+](=O)[O-])cc1C(=O)Nc1ccc(C(=O)OCC)cc1. The molecule has 0 heterocycles. The number of rotatable bonds is 13. The zero-order valence-electron chi connectivity index (χ0n) is 19.1. The Morgan fingerprint density at radius 2 is 1.74 bits per heavy atom. The van der Waals surface area contributed by atoms with Crippen LogP contribution in [-0.2, 0) is 14.3 Å². The van der Waals surface area contributed by atoms with Crippen molar-refractivity contribution in [3.63, 3.8) is 0 Å². The molecule has 0 aliphatic carbocycles. The summed E-state index contributed by atoms with van der Waals surface area (Å²) in [6.07, 6.45) is 0.737. The average Bonchev–Trinajstić information content (AvgIpc) is 2.82. The summed E-state index contributed by atoms with van der Waals surface area (Å²) in [6, 6.07) is 9.59. The van der Waals surface area contributed by atoms with E-state index in [0.29, 0.717) is 31.0 Å². The van der Waals surface area contributed by atoms with Gasteiger partial charge in [0.25, 0.3) is 11.6 Å². The molecule has 0 unspecified atom stereocenters. The minimum absolute atomic E-state index is 0.000503. The van der Waals surface area contributed by atoms with Gasteiger partial charge in [-0.05, 0) is 57.1 Å². The molecular weight excluding hydrogens is 444 g/mol. The number of nitrogens with one attached hydrogen (secondary N) is 3. The molecule has 0 aliphatic heterocycles. The Balaban J connectivity index is 2.09. The Hall–Kier alpha value is -3.83. The fraction of sp³-hybridized carbons (Fsp3) is 0.348. The van der Waals surface area contributed by atoms with Crippen LogP contribution in [0.5, 0.6) is 0 Å². The molecule has 2 aromatic rings. The molecule has 2 amide bonds. The third kappa shape index (κ3) is 8.26. The third-order valence-corrected chi connectivity index (χ3v) is 4.52. The molecule has 0 spiro atoms. The number of esters is 1. The molecule has 0 bridgehead atoms. The van der Waals surface area contributed by atoms with Crippen molar-refractivity contribution in [2.45, 2.75) is 20.3 Å². The number of nitrogens with zero attached hydrogens (tertiary/aromatic N) is 1. The number of non-ortho nitro benzene ring substituents is 1. The molecular formula is C23H28N4O7. The van der Waals surface area contributed by atoms with Crippen molar-refractivity contribution in [2.24, 2.45) is 0 Å². The van der Waals surface area contributed by atoms with Crippen LogP contribution in [0.3, 0.4) is 0 Å². The van der Waals surface area contributed by atoms with Crippen molar-refractivity contribution >= 4 is 34.8 Å². The summed E-state index contributed by atoms with van der Waals surface area (Å²) in [5.74, 6) is -1.55. The van der Waals surface area contributed by atoms with Crippen LogP contribution in [0.25, 0.3) is 0 Å². The summed E-state index contributed by atoms with van der Waals surface area (Å²) in [4.78, 5) is 47.5. The van der Waals surface area contributed by atoms with Gasteiger partial charge in [0.2, 0.25) is 5.91 Å². The number of nitro benzene ring substituents is 1. The van der Waals surface area contributed by atoms with Crippen molar-refractivity contribution in [1.29, 1.82) is 0 Å². The van der Waals surface area contributed by atoms with E-state index >= 15 is 0 Å². The summed E-state index contributed by atoms with van der Waals surface area (Å²) in [7, 11) is 0. The topological polar surface area (TPSA) is 149 Å². The number of hydrogen-bond donors (Lipinski definition) is 3. The zero-order valence-corrected chi connectivity index (χ0v) is 19.1. The zero-order chi connectivity index (χ0) is 24.9. The van der Waals surface area contributed by atoms with Crippen LogP contribution < -0.4 is 16.0 Å². The maximum absolute atomic E-state index is 12.9. The van der Waals surface area contributed by atoms with Gasteiger partial charge in [-0.15, -0.1) is 0 Å². The molecule has 34 heavy (non-hydrogen) atoms. The van der Waals surface area contributed by atoms with Gasteiger partial charge in [-0.1, -0.05) is 0 Å². The number of anilines is 2. The second-order valence-corrected chi connectivity index (χ2v) is 7.01. The molecule has 0 aromatic heterocycles. The Kier molecular flexibility index (Phi) is 10.6. The molecule has 182 valence electrons. The molecule has 11 heteroatoms. The normalized spacial score (nSPS) is 10.4. The van der Waals surface area contributed by atoms with E-state index in [4.69, 9.17) is 9.47 Å². The number of carbonyl (C=O) groups is 3. The lowest BCUT2D eigenvalue weighted by molar-refractivity contribution is -0.384. The van der Waals surface area contributed by atoms with Gasteiger partial charge in [0.1, 0.15) is 0 Å². The number of amides is 2. The van der Waals surface area contributed by atoms with Gasteiger partial charge >= 0.3 is 5.97 Å². The summed E-state index contributed by atoms with van der Waals surface area (Å²) in [5, 5.41) is 19.4.